The zero-order valence-electron chi connectivity index (χ0n) is 12.8. The fourth-order valence-corrected chi connectivity index (χ4v) is 2.97. The smallest absolute Gasteiger partial charge is 0.271 e. The minimum atomic E-state index is -0.0960. The summed E-state index contributed by atoms with van der Waals surface area (Å²) in [6, 6.07) is 5.47. The number of carbonyl (C=O) groups is 2. The van der Waals surface area contributed by atoms with Crippen molar-refractivity contribution in [2.45, 2.75) is 0 Å². The molecule has 1 amide bonds. The summed E-state index contributed by atoms with van der Waals surface area (Å²) in [5.74, 6) is 0.605. The molecular weight excluding hydrogens is 282 g/mol. The first-order valence-electron chi connectivity index (χ1n) is 7.29. The number of nitrogens with zero attached hydrogens (tertiary/aromatic N) is 2. The minimum Gasteiger partial charge on any atom is -0.497 e. The quantitative estimate of drug-likeness (QED) is 0.861. The predicted molar refractivity (Wildman–Crippen MR) is 83.6 cm³/mol. The van der Waals surface area contributed by atoms with Crippen LogP contribution in [0.4, 0.5) is 0 Å². The van der Waals surface area contributed by atoms with Crippen molar-refractivity contribution in [1.82, 2.24) is 14.8 Å². The molecule has 6 nitrogen and oxygen atoms in total. The SMILES string of the molecule is COc1ccc2c(C=O)c(C(=O)N3CCNCC3)n(C)c2c1. The number of carbonyl (C=O) groups excluding carboxylic acids is 2. The van der Waals surface area contributed by atoms with E-state index in [0.29, 0.717) is 30.1 Å². The third-order valence-corrected chi connectivity index (χ3v) is 4.17. The van der Waals surface area contributed by atoms with Gasteiger partial charge in [0.25, 0.3) is 5.91 Å². The van der Waals surface area contributed by atoms with Gasteiger partial charge in [-0.05, 0) is 12.1 Å². The fourth-order valence-electron chi connectivity index (χ4n) is 2.97. The summed E-state index contributed by atoms with van der Waals surface area (Å²) in [6.45, 7) is 2.86. The second-order valence-corrected chi connectivity index (χ2v) is 5.36. The third kappa shape index (κ3) is 2.25. The van der Waals surface area contributed by atoms with E-state index < -0.39 is 0 Å². The van der Waals surface area contributed by atoms with Crippen molar-refractivity contribution in [3.05, 3.63) is 29.5 Å². The largest absolute Gasteiger partial charge is 0.497 e. The standard InChI is InChI=1S/C16H19N3O3/c1-18-14-9-11(22-2)3-4-12(14)13(10-20)15(18)16(21)19-7-5-17-6-8-19/h3-4,9-10,17H,5-8H2,1-2H3. The van der Waals surface area contributed by atoms with E-state index in [9.17, 15) is 9.59 Å². The van der Waals surface area contributed by atoms with Crippen molar-refractivity contribution < 1.29 is 14.3 Å². The molecule has 1 aliphatic heterocycles. The Morgan fingerprint density at radius 3 is 2.68 bits per heavy atom. The van der Waals surface area contributed by atoms with E-state index in [2.05, 4.69) is 5.32 Å². The summed E-state index contributed by atoms with van der Waals surface area (Å²) >= 11 is 0. The molecule has 3 rings (SSSR count). The van der Waals surface area contributed by atoms with Gasteiger partial charge < -0.3 is 19.5 Å². The summed E-state index contributed by atoms with van der Waals surface area (Å²) in [5.41, 5.74) is 1.71. The first-order valence-corrected chi connectivity index (χ1v) is 7.29. The van der Waals surface area contributed by atoms with Gasteiger partial charge in [-0.15, -0.1) is 0 Å². The summed E-state index contributed by atoms with van der Waals surface area (Å²) in [7, 11) is 3.40. The number of piperazine rings is 1. The number of methoxy groups -OCH3 is 1. The van der Waals surface area contributed by atoms with Crippen LogP contribution in [0.3, 0.4) is 0 Å². The lowest BCUT2D eigenvalue weighted by Crippen LogP contribution is -2.47. The number of rotatable bonds is 3. The molecule has 0 unspecified atom stereocenters. The molecular formula is C16H19N3O3. The van der Waals surface area contributed by atoms with E-state index in [-0.39, 0.29) is 5.91 Å². The highest BCUT2D eigenvalue weighted by Crippen LogP contribution is 2.28. The first-order chi connectivity index (χ1) is 10.7. The molecule has 1 aliphatic rings. The summed E-state index contributed by atoms with van der Waals surface area (Å²) < 4.78 is 7.02. The van der Waals surface area contributed by atoms with Gasteiger partial charge in [-0.2, -0.15) is 0 Å². The molecule has 116 valence electrons. The molecule has 1 aromatic heterocycles. The van der Waals surface area contributed by atoms with Crippen molar-refractivity contribution >= 4 is 23.1 Å². The van der Waals surface area contributed by atoms with Crippen LogP contribution in [-0.2, 0) is 7.05 Å². The molecule has 0 spiro atoms. The molecule has 0 atom stereocenters. The maximum atomic E-state index is 12.8. The van der Waals surface area contributed by atoms with Gasteiger partial charge in [0.05, 0.1) is 18.2 Å². The van der Waals surface area contributed by atoms with Crippen LogP contribution in [0, 0.1) is 0 Å². The van der Waals surface area contributed by atoms with Gasteiger partial charge in [-0.3, -0.25) is 9.59 Å². The van der Waals surface area contributed by atoms with Crippen molar-refractivity contribution in [3.8, 4) is 5.75 Å². The van der Waals surface area contributed by atoms with Crippen LogP contribution >= 0.6 is 0 Å². The topological polar surface area (TPSA) is 63.6 Å². The molecule has 1 N–H and O–H groups in total. The molecule has 0 radical (unpaired) electrons. The highest BCUT2D eigenvalue weighted by Gasteiger charge is 2.26. The van der Waals surface area contributed by atoms with E-state index in [4.69, 9.17) is 4.74 Å². The molecule has 6 heteroatoms. The van der Waals surface area contributed by atoms with Gasteiger partial charge in [-0.25, -0.2) is 0 Å². The van der Waals surface area contributed by atoms with E-state index >= 15 is 0 Å². The molecule has 1 aromatic carbocycles. The van der Waals surface area contributed by atoms with Crippen molar-refractivity contribution in [1.29, 1.82) is 0 Å². The number of aryl methyl sites for hydroxylation is 1. The molecule has 22 heavy (non-hydrogen) atoms. The van der Waals surface area contributed by atoms with Crippen LogP contribution < -0.4 is 10.1 Å². The number of hydrogen-bond donors (Lipinski definition) is 1. The molecule has 2 aromatic rings. The lowest BCUT2D eigenvalue weighted by molar-refractivity contribution is 0.0724. The van der Waals surface area contributed by atoms with Crippen LogP contribution in [0.5, 0.6) is 5.75 Å². The second-order valence-electron chi connectivity index (χ2n) is 5.36. The van der Waals surface area contributed by atoms with Gasteiger partial charge in [0.15, 0.2) is 6.29 Å². The number of hydrogen-bond acceptors (Lipinski definition) is 4. The Kier molecular flexibility index (Phi) is 3.85. The van der Waals surface area contributed by atoms with Crippen LogP contribution in [0.15, 0.2) is 18.2 Å². The Hall–Kier alpha value is -2.34. The molecule has 0 bridgehead atoms. The zero-order chi connectivity index (χ0) is 15.7. The number of aromatic nitrogens is 1. The van der Waals surface area contributed by atoms with Crippen molar-refractivity contribution in [2.24, 2.45) is 7.05 Å². The minimum absolute atomic E-state index is 0.0960. The van der Waals surface area contributed by atoms with Crippen molar-refractivity contribution in [2.75, 3.05) is 33.3 Å². The van der Waals surface area contributed by atoms with Gasteiger partial charge in [0, 0.05) is 44.7 Å². The molecule has 0 saturated carbocycles. The maximum absolute atomic E-state index is 12.8. The zero-order valence-corrected chi connectivity index (χ0v) is 12.8. The molecule has 1 fully saturated rings. The number of amides is 1. The van der Waals surface area contributed by atoms with Gasteiger partial charge >= 0.3 is 0 Å². The third-order valence-electron chi connectivity index (χ3n) is 4.17. The van der Waals surface area contributed by atoms with E-state index in [1.807, 2.05) is 19.2 Å². The summed E-state index contributed by atoms with van der Waals surface area (Å²) in [5, 5.41) is 3.99. The number of fused-ring (bicyclic) bond motifs is 1. The second kappa shape index (κ2) is 5.81. The number of benzene rings is 1. The highest BCUT2D eigenvalue weighted by molar-refractivity contribution is 6.10. The van der Waals surface area contributed by atoms with Crippen molar-refractivity contribution in [3.63, 3.8) is 0 Å². The van der Waals surface area contributed by atoms with E-state index in [0.717, 1.165) is 30.3 Å². The number of ether oxygens (including phenoxy) is 1. The molecule has 0 aliphatic carbocycles. The maximum Gasteiger partial charge on any atom is 0.271 e. The average Bonchev–Trinajstić information content (AvgIpc) is 2.86. The number of aldehydes is 1. The first kappa shape index (κ1) is 14.6. The van der Waals surface area contributed by atoms with Gasteiger partial charge in [0.2, 0.25) is 0 Å². The Morgan fingerprint density at radius 1 is 1.32 bits per heavy atom. The van der Waals surface area contributed by atoms with Crippen LogP contribution in [-0.4, -0.2) is 54.9 Å². The van der Waals surface area contributed by atoms with Gasteiger partial charge in [-0.1, -0.05) is 0 Å². The Balaban J connectivity index is 2.13. The molecule has 2 heterocycles. The van der Waals surface area contributed by atoms with Crippen LogP contribution in [0.25, 0.3) is 10.9 Å². The van der Waals surface area contributed by atoms with Crippen LogP contribution in [0.2, 0.25) is 0 Å². The monoisotopic (exact) mass is 301 g/mol. The van der Waals surface area contributed by atoms with E-state index in [1.54, 1.807) is 22.6 Å². The lowest BCUT2D eigenvalue weighted by Gasteiger charge is -2.27. The Bertz CT molecular complexity index is 730. The number of nitrogens with one attached hydrogen (secondary N) is 1. The fraction of sp³-hybridized carbons (Fsp3) is 0.375. The lowest BCUT2D eigenvalue weighted by atomic mass is 10.1. The predicted octanol–water partition coefficient (Wildman–Crippen LogP) is 1.04. The van der Waals surface area contributed by atoms with Crippen LogP contribution in [0.1, 0.15) is 20.8 Å². The van der Waals surface area contributed by atoms with Gasteiger partial charge in [0.1, 0.15) is 11.4 Å². The summed E-state index contributed by atoms with van der Waals surface area (Å²) in [6.07, 6.45) is 0.768. The Morgan fingerprint density at radius 2 is 2.05 bits per heavy atom. The summed E-state index contributed by atoms with van der Waals surface area (Å²) in [4.78, 5) is 26.2. The Labute approximate surface area is 128 Å². The molecule has 1 saturated heterocycles. The van der Waals surface area contributed by atoms with E-state index in [1.165, 1.54) is 0 Å². The highest BCUT2D eigenvalue weighted by atomic mass is 16.5. The average molecular weight is 301 g/mol. The normalized spacial score (nSPS) is 15.1.